The fraction of sp³-hybridized carbons (Fsp3) is 0.462. The highest BCUT2D eigenvalue weighted by Gasteiger charge is 2.22. The highest BCUT2D eigenvalue weighted by molar-refractivity contribution is 7.99. The van der Waals surface area contributed by atoms with E-state index in [1.165, 1.54) is 0 Å². The summed E-state index contributed by atoms with van der Waals surface area (Å²) in [7, 11) is -3.47. The van der Waals surface area contributed by atoms with Crippen LogP contribution in [0.1, 0.15) is 24.0 Å². The van der Waals surface area contributed by atoms with Crippen molar-refractivity contribution in [3.8, 4) is 0 Å². The first kappa shape index (κ1) is 15.8. The quantitative estimate of drug-likeness (QED) is 0.824. The Labute approximate surface area is 129 Å². The van der Waals surface area contributed by atoms with Gasteiger partial charge in [-0.1, -0.05) is 18.3 Å². The third-order valence-corrected chi connectivity index (χ3v) is 6.10. The molecule has 20 heavy (non-hydrogen) atoms. The fourth-order valence-electron chi connectivity index (χ4n) is 2.18. The molecule has 1 aromatic carbocycles. The van der Waals surface area contributed by atoms with E-state index in [-0.39, 0.29) is 15.9 Å². The number of thiocarbonyl (C=S) groups is 1. The average molecular weight is 331 g/mol. The lowest BCUT2D eigenvalue weighted by atomic mass is 10.1. The molecule has 2 rings (SSSR count). The van der Waals surface area contributed by atoms with Crippen LogP contribution in [0.15, 0.2) is 23.1 Å². The Morgan fingerprint density at radius 3 is 2.60 bits per heavy atom. The van der Waals surface area contributed by atoms with Crippen molar-refractivity contribution in [1.82, 2.24) is 4.72 Å². The van der Waals surface area contributed by atoms with E-state index in [2.05, 4.69) is 4.72 Å². The van der Waals surface area contributed by atoms with Crippen LogP contribution in [0.2, 0.25) is 0 Å². The topological polar surface area (TPSA) is 72.2 Å². The van der Waals surface area contributed by atoms with E-state index in [0.29, 0.717) is 5.56 Å². The van der Waals surface area contributed by atoms with Crippen LogP contribution in [0.4, 0.5) is 0 Å². The van der Waals surface area contributed by atoms with Gasteiger partial charge in [0, 0.05) is 11.6 Å². The highest BCUT2D eigenvalue weighted by atomic mass is 32.2. The van der Waals surface area contributed by atoms with Gasteiger partial charge in [-0.15, -0.1) is 0 Å². The summed E-state index contributed by atoms with van der Waals surface area (Å²) in [5.41, 5.74) is 7.08. The molecule has 0 spiro atoms. The molecule has 1 fully saturated rings. The smallest absolute Gasteiger partial charge is 0.240 e. The number of sulfonamides is 1. The summed E-state index contributed by atoms with van der Waals surface area (Å²) in [6.45, 7) is 1.81. The third kappa shape index (κ3) is 3.72. The Kier molecular flexibility index (Phi) is 5.06. The second-order valence-electron chi connectivity index (χ2n) is 4.85. The lowest BCUT2D eigenvalue weighted by Gasteiger charge is -2.22. The minimum atomic E-state index is -3.47. The maximum Gasteiger partial charge on any atom is 0.240 e. The molecule has 0 aromatic heterocycles. The summed E-state index contributed by atoms with van der Waals surface area (Å²) in [6.07, 6.45) is 1.77. The van der Waals surface area contributed by atoms with Crippen molar-refractivity contribution in [3.63, 3.8) is 0 Å². The van der Waals surface area contributed by atoms with Crippen LogP contribution in [0.3, 0.4) is 0 Å². The molecule has 1 aromatic rings. The molecule has 0 saturated carbocycles. The third-order valence-electron chi connectivity index (χ3n) is 3.32. The Morgan fingerprint density at radius 2 is 2.05 bits per heavy atom. The number of nitrogens with two attached hydrogens (primary N) is 1. The molecule has 3 N–H and O–H groups in total. The molecule has 0 unspecified atom stereocenters. The van der Waals surface area contributed by atoms with Crippen LogP contribution in [0.25, 0.3) is 0 Å². The average Bonchev–Trinajstić information content (AvgIpc) is 2.38. The molecule has 1 saturated heterocycles. The van der Waals surface area contributed by atoms with E-state index in [4.69, 9.17) is 18.0 Å². The maximum atomic E-state index is 12.4. The molecule has 1 aliphatic heterocycles. The number of rotatable bonds is 4. The van der Waals surface area contributed by atoms with E-state index in [1.807, 2.05) is 18.7 Å². The number of nitrogens with one attached hydrogen (secondary N) is 1. The SMILES string of the molecule is Cc1cc(S(=O)(=O)NC2CCSCC2)ccc1C(N)=S. The van der Waals surface area contributed by atoms with Crippen molar-refractivity contribution >= 4 is 39.0 Å². The second kappa shape index (κ2) is 6.43. The lowest BCUT2D eigenvalue weighted by Crippen LogP contribution is -2.37. The Balaban J connectivity index is 2.20. The Hall–Kier alpha value is -0.630. The second-order valence-corrected chi connectivity index (χ2v) is 8.23. The molecule has 0 amide bonds. The van der Waals surface area contributed by atoms with E-state index in [9.17, 15) is 8.42 Å². The molecule has 0 bridgehead atoms. The molecule has 0 atom stereocenters. The van der Waals surface area contributed by atoms with Gasteiger partial charge in [0.25, 0.3) is 0 Å². The molecule has 1 aliphatic rings. The van der Waals surface area contributed by atoms with Crippen LogP contribution in [-0.4, -0.2) is 31.0 Å². The first-order valence-electron chi connectivity index (χ1n) is 6.40. The number of hydrogen-bond acceptors (Lipinski definition) is 4. The summed E-state index contributed by atoms with van der Waals surface area (Å²) in [6, 6.07) is 4.88. The van der Waals surface area contributed by atoms with Gasteiger partial charge in [0.15, 0.2) is 0 Å². The molecular weight excluding hydrogens is 312 g/mol. The summed E-state index contributed by atoms with van der Waals surface area (Å²) < 4.78 is 27.5. The Bertz CT molecular complexity index is 608. The number of hydrogen-bond donors (Lipinski definition) is 2. The van der Waals surface area contributed by atoms with Crippen molar-refractivity contribution in [2.75, 3.05) is 11.5 Å². The van der Waals surface area contributed by atoms with Gasteiger partial charge in [0.05, 0.1) is 4.90 Å². The van der Waals surface area contributed by atoms with Crippen molar-refractivity contribution < 1.29 is 8.42 Å². The van der Waals surface area contributed by atoms with E-state index < -0.39 is 10.0 Å². The van der Waals surface area contributed by atoms with Crippen LogP contribution in [-0.2, 0) is 10.0 Å². The first-order chi connectivity index (χ1) is 9.40. The van der Waals surface area contributed by atoms with Gasteiger partial charge < -0.3 is 5.73 Å². The Morgan fingerprint density at radius 1 is 1.40 bits per heavy atom. The highest BCUT2D eigenvalue weighted by Crippen LogP contribution is 2.20. The van der Waals surface area contributed by atoms with Crippen LogP contribution >= 0.6 is 24.0 Å². The van der Waals surface area contributed by atoms with Crippen LogP contribution in [0, 0.1) is 6.92 Å². The molecule has 7 heteroatoms. The minimum absolute atomic E-state index is 0.0387. The van der Waals surface area contributed by atoms with Gasteiger partial charge in [-0.05, 0) is 49.0 Å². The van der Waals surface area contributed by atoms with Crippen LogP contribution in [0.5, 0.6) is 0 Å². The van der Waals surface area contributed by atoms with Gasteiger partial charge in [0.2, 0.25) is 10.0 Å². The maximum absolute atomic E-state index is 12.4. The van der Waals surface area contributed by atoms with E-state index in [1.54, 1.807) is 18.2 Å². The van der Waals surface area contributed by atoms with Crippen LogP contribution < -0.4 is 10.5 Å². The van der Waals surface area contributed by atoms with Gasteiger partial charge in [-0.25, -0.2) is 13.1 Å². The number of benzene rings is 1. The molecule has 1 heterocycles. The molecule has 4 nitrogen and oxygen atoms in total. The molecule has 0 radical (unpaired) electrons. The van der Waals surface area contributed by atoms with Gasteiger partial charge in [-0.3, -0.25) is 0 Å². The number of thioether (sulfide) groups is 1. The monoisotopic (exact) mass is 330 g/mol. The van der Waals surface area contributed by atoms with E-state index in [0.717, 1.165) is 29.9 Å². The predicted molar refractivity (Wildman–Crippen MR) is 87.7 cm³/mol. The zero-order valence-corrected chi connectivity index (χ0v) is 13.7. The zero-order valence-electron chi connectivity index (χ0n) is 11.3. The summed E-state index contributed by atoms with van der Waals surface area (Å²) in [5.74, 6) is 2.01. The van der Waals surface area contributed by atoms with Gasteiger partial charge in [0.1, 0.15) is 4.99 Å². The summed E-state index contributed by atoms with van der Waals surface area (Å²) in [5, 5.41) is 0. The zero-order chi connectivity index (χ0) is 14.8. The van der Waals surface area contributed by atoms with Gasteiger partial charge >= 0.3 is 0 Å². The molecule has 0 aliphatic carbocycles. The van der Waals surface area contributed by atoms with Gasteiger partial charge in [-0.2, -0.15) is 11.8 Å². The standard InChI is InChI=1S/C13H18N2O2S3/c1-9-8-11(2-3-12(9)13(14)18)20(16,17)15-10-4-6-19-7-5-10/h2-3,8,10,15H,4-7H2,1H3,(H2,14,18). The first-order valence-corrected chi connectivity index (χ1v) is 9.45. The molecular formula is C13H18N2O2S3. The van der Waals surface area contributed by atoms with Crippen molar-refractivity contribution in [2.45, 2.75) is 30.7 Å². The lowest BCUT2D eigenvalue weighted by molar-refractivity contribution is 0.529. The van der Waals surface area contributed by atoms with E-state index >= 15 is 0 Å². The van der Waals surface area contributed by atoms with Crippen molar-refractivity contribution in [1.29, 1.82) is 0 Å². The van der Waals surface area contributed by atoms with Crippen molar-refractivity contribution in [2.24, 2.45) is 5.73 Å². The van der Waals surface area contributed by atoms with Crippen molar-refractivity contribution in [3.05, 3.63) is 29.3 Å². The fourth-order valence-corrected chi connectivity index (χ4v) is 4.91. The normalized spacial score (nSPS) is 17.1. The summed E-state index contributed by atoms with van der Waals surface area (Å²) in [4.78, 5) is 0.553. The minimum Gasteiger partial charge on any atom is -0.389 e. The largest absolute Gasteiger partial charge is 0.389 e. The summed E-state index contributed by atoms with van der Waals surface area (Å²) >= 11 is 6.79. The molecule has 110 valence electrons. The predicted octanol–water partition coefficient (Wildman–Crippen LogP) is 1.80. The number of aryl methyl sites for hydroxylation is 1.